The zero-order valence-electron chi connectivity index (χ0n) is 12.4. The van der Waals surface area contributed by atoms with Crippen LogP contribution in [0, 0.1) is 5.92 Å². The lowest BCUT2D eigenvalue weighted by atomic mass is 9.70. The summed E-state index contributed by atoms with van der Waals surface area (Å²) in [5.74, 6) is 0.722. The van der Waals surface area contributed by atoms with E-state index >= 15 is 0 Å². The Hall–Kier alpha value is -1.19. The van der Waals surface area contributed by atoms with E-state index in [2.05, 4.69) is 32.9 Å². The van der Waals surface area contributed by atoms with Crippen molar-refractivity contribution in [2.24, 2.45) is 5.92 Å². The molecule has 0 aliphatic heterocycles. The number of benzene rings is 1. The van der Waals surface area contributed by atoms with Gasteiger partial charge in [0.2, 0.25) is 0 Å². The molecule has 0 radical (unpaired) electrons. The fraction of sp³-hybridized carbons (Fsp3) is 0.438. The first-order valence-electron chi connectivity index (χ1n) is 6.70. The summed E-state index contributed by atoms with van der Waals surface area (Å²) >= 11 is 12.1. The smallest absolute Gasteiger partial charge is 0.450 e. The summed E-state index contributed by atoms with van der Waals surface area (Å²) in [6, 6.07) is 5.99. The summed E-state index contributed by atoms with van der Waals surface area (Å²) in [5, 5.41) is 15.2. The number of halogens is 2. The fourth-order valence-corrected chi connectivity index (χ4v) is 3.36. The predicted molar refractivity (Wildman–Crippen MR) is 86.6 cm³/mol. The second-order valence-electron chi connectivity index (χ2n) is 5.83. The van der Waals surface area contributed by atoms with E-state index in [1.54, 1.807) is 0 Å². The van der Waals surface area contributed by atoms with Crippen molar-refractivity contribution in [3.8, 4) is 0 Å². The largest absolute Gasteiger partial charge is 0.503 e. The van der Waals surface area contributed by atoms with Gasteiger partial charge in [0.25, 0.3) is 0 Å². The molecule has 0 bridgehead atoms. The molecule has 116 valence electrons. The molecule has 2 N–H and O–H groups in total. The molecule has 5 heteroatoms. The van der Waals surface area contributed by atoms with E-state index in [0.29, 0.717) is 10.0 Å². The Balaban J connectivity index is 0.000000491. The van der Waals surface area contributed by atoms with Crippen molar-refractivity contribution in [3.63, 3.8) is 0 Å². The van der Waals surface area contributed by atoms with Crippen molar-refractivity contribution in [1.29, 1.82) is 0 Å². The van der Waals surface area contributed by atoms with Crippen LogP contribution in [0.1, 0.15) is 39.2 Å². The Kier molecular flexibility index (Phi) is 6.11. The lowest BCUT2D eigenvalue weighted by molar-refractivity contribution is 0.137. The van der Waals surface area contributed by atoms with Crippen LogP contribution in [0.4, 0.5) is 4.79 Å². The van der Waals surface area contributed by atoms with Crippen LogP contribution in [-0.2, 0) is 5.41 Å². The zero-order valence-corrected chi connectivity index (χ0v) is 13.9. The van der Waals surface area contributed by atoms with Gasteiger partial charge >= 0.3 is 6.16 Å². The number of rotatable bonds is 1. The topological polar surface area (TPSA) is 57.5 Å². The third-order valence-electron chi connectivity index (χ3n) is 3.59. The van der Waals surface area contributed by atoms with Crippen molar-refractivity contribution >= 4 is 29.4 Å². The minimum Gasteiger partial charge on any atom is -0.450 e. The lowest BCUT2D eigenvalue weighted by Gasteiger charge is -2.35. The maximum absolute atomic E-state index is 8.56. The van der Waals surface area contributed by atoms with Crippen molar-refractivity contribution < 1.29 is 15.0 Å². The average Bonchev–Trinajstić information content (AvgIpc) is 2.30. The predicted octanol–water partition coefficient (Wildman–Crippen LogP) is 5.85. The van der Waals surface area contributed by atoms with Gasteiger partial charge in [0.1, 0.15) is 0 Å². The third-order valence-corrected chi connectivity index (χ3v) is 4.33. The second kappa shape index (κ2) is 7.19. The maximum Gasteiger partial charge on any atom is 0.503 e. The highest BCUT2D eigenvalue weighted by molar-refractivity contribution is 6.42. The number of allylic oxidation sites excluding steroid dienone is 2. The molecule has 2 atom stereocenters. The molecule has 21 heavy (non-hydrogen) atoms. The van der Waals surface area contributed by atoms with Crippen molar-refractivity contribution in [2.45, 2.75) is 39.0 Å². The molecule has 2 unspecified atom stereocenters. The summed E-state index contributed by atoms with van der Waals surface area (Å²) in [6.45, 7) is 6.81. The number of hydrogen-bond donors (Lipinski definition) is 2. The van der Waals surface area contributed by atoms with Crippen LogP contribution in [0.3, 0.4) is 0 Å². The highest BCUT2D eigenvalue weighted by atomic mass is 35.5. The van der Waals surface area contributed by atoms with Crippen LogP contribution in [0.15, 0.2) is 29.8 Å². The normalized spacial score (nSPS) is 24.6. The van der Waals surface area contributed by atoms with Gasteiger partial charge in [-0.2, -0.15) is 0 Å². The molecule has 3 nitrogen and oxygen atoms in total. The minimum absolute atomic E-state index is 0.0932. The highest BCUT2D eigenvalue weighted by Gasteiger charge is 2.30. The standard InChI is InChI=1S/C15H18Cl2.CH2O3/c1-10-6-11(2)9-15(3,8-10)12-4-5-13(16)14(17)7-12;2-1(3)4/h4-5,7-8,11H,6,9H2,1-3H3;(H2,2,3,4). The third kappa shape index (κ3) is 5.25. The molecule has 2 rings (SSSR count). The summed E-state index contributed by atoms with van der Waals surface area (Å²) in [7, 11) is 0. The number of carbonyl (C=O) groups is 1. The molecule has 0 aromatic heterocycles. The molecule has 0 fully saturated rings. The number of carboxylic acid groups (broad SMARTS) is 2. The van der Waals surface area contributed by atoms with Gasteiger partial charge in [-0.25, -0.2) is 4.79 Å². The molecular weight excluding hydrogens is 311 g/mol. The van der Waals surface area contributed by atoms with E-state index in [4.69, 9.17) is 38.2 Å². The molecular formula is C16H20Cl2O3. The van der Waals surface area contributed by atoms with E-state index in [1.807, 2.05) is 12.1 Å². The van der Waals surface area contributed by atoms with Gasteiger partial charge in [0.05, 0.1) is 10.0 Å². The Morgan fingerprint density at radius 1 is 1.29 bits per heavy atom. The SMILES string of the molecule is CC1=CC(C)(c2ccc(Cl)c(Cl)c2)CC(C)C1.O=C(O)O. The summed E-state index contributed by atoms with van der Waals surface area (Å²) in [5.41, 5.74) is 2.82. The minimum atomic E-state index is -1.83. The van der Waals surface area contributed by atoms with Crippen molar-refractivity contribution in [3.05, 3.63) is 45.5 Å². The molecule has 0 heterocycles. The van der Waals surface area contributed by atoms with E-state index in [0.717, 1.165) is 5.92 Å². The zero-order chi connectivity index (χ0) is 16.2. The van der Waals surface area contributed by atoms with Gasteiger partial charge in [-0.1, -0.05) is 54.8 Å². The molecule has 1 aliphatic rings. The Morgan fingerprint density at radius 2 is 1.86 bits per heavy atom. The second-order valence-corrected chi connectivity index (χ2v) is 6.65. The monoisotopic (exact) mass is 330 g/mol. The van der Waals surface area contributed by atoms with Crippen LogP contribution in [0.5, 0.6) is 0 Å². The van der Waals surface area contributed by atoms with Gasteiger partial charge in [0, 0.05) is 5.41 Å². The van der Waals surface area contributed by atoms with Crippen LogP contribution in [0.25, 0.3) is 0 Å². The van der Waals surface area contributed by atoms with Crippen LogP contribution >= 0.6 is 23.2 Å². The van der Waals surface area contributed by atoms with E-state index < -0.39 is 6.16 Å². The molecule has 1 aromatic rings. The first-order chi connectivity index (χ1) is 9.64. The molecule has 0 saturated carbocycles. The van der Waals surface area contributed by atoms with Gasteiger partial charge in [-0.3, -0.25) is 0 Å². The molecule has 1 aromatic carbocycles. The van der Waals surface area contributed by atoms with E-state index in [1.165, 1.54) is 24.0 Å². The van der Waals surface area contributed by atoms with Crippen LogP contribution in [-0.4, -0.2) is 16.4 Å². The van der Waals surface area contributed by atoms with Gasteiger partial charge in [-0.05, 0) is 43.4 Å². The number of hydrogen-bond acceptors (Lipinski definition) is 1. The molecule has 1 aliphatic carbocycles. The van der Waals surface area contributed by atoms with E-state index in [-0.39, 0.29) is 5.41 Å². The van der Waals surface area contributed by atoms with Crippen molar-refractivity contribution in [1.82, 2.24) is 0 Å². The van der Waals surface area contributed by atoms with Crippen molar-refractivity contribution in [2.75, 3.05) is 0 Å². The van der Waals surface area contributed by atoms with Gasteiger partial charge in [0.15, 0.2) is 0 Å². The fourth-order valence-electron chi connectivity index (χ4n) is 3.06. The first-order valence-corrected chi connectivity index (χ1v) is 7.45. The quantitative estimate of drug-likeness (QED) is 0.635. The van der Waals surface area contributed by atoms with Crippen LogP contribution in [0.2, 0.25) is 10.0 Å². The van der Waals surface area contributed by atoms with Crippen LogP contribution < -0.4 is 0 Å². The Morgan fingerprint density at radius 3 is 2.33 bits per heavy atom. The Labute approximate surface area is 135 Å². The highest BCUT2D eigenvalue weighted by Crippen LogP contribution is 2.41. The van der Waals surface area contributed by atoms with E-state index in [9.17, 15) is 0 Å². The molecule has 0 amide bonds. The lowest BCUT2D eigenvalue weighted by Crippen LogP contribution is -2.26. The molecule has 0 saturated heterocycles. The first kappa shape index (κ1) is 17.9. The molecule has 0 spiro atoms. The maximum atomic E-state index is 8.56. The van der Waals surface area contributed by atoms with Gasteiger partial charge in [-0.15, -0.1) is 0 Å². The Bertz CT molecular complexity index is 550. The summed E-state index contributed by atoms with van der Waals surface area (Å²) in [4.78, 5) is 8.56. The average molecular weight is 331 g/mol. The summed E-state index contributed by atoms with van der Waals surface area (Å²) < 4.78 is 0. The summed E-state index contributed by atoms with van der Waals surface area (Å²) in [6.07, 6.45) is 2.92. The van der Waals surface area contributed by atoms with Gasteiger partial charge < -0.3 is 10.2 Å².